The minimum atomic E-state index is -0.353. The Kier molecular flexibility index (Phi) is 3.80. The molecule has 4 rings (SSSR count). The molecule has 2 aromatic rings. The molecule has 124 valence electrons. The quantitative estimate of drug-likeness (QED) is 0.865. The topological polar surface area (TPSA) is 42.0 Å². The average Bonchev–Trinajstić information content (AvgIpc) is 3.09. The summed E-state index contributed by atoms with van der Waals surface area (Å²) in [6, 6.07) is 10.5. The van der Waals surface area contributed by atoms with Gasteiger partial charge in [-0.05, 0) is 24.3 Å². The maximum atomic E-state index is 13.2. The highest BCUT2D eigenvalue weighted by molar-refractivity contribution is 7.10. The van der Waals surface area contributed by atoms with E-state index in [1.165, 1.54) is 10.4 Å². The Labute approximate surface area is 146 Å². The van der Waals surface area contributed by atoms with Crippen molar-refractivity contribution in [2.24, 2.45) is 5.92 Å². The summed E-state index contributed by atoms with van der Waals surface area (Å²) >= 11 is 1.66. The fraction of sp³-hybridized carbons (Fsp3) is 0.400. The number of carbonyl (C=O) groups excluding carboxylic acids is 1. The second-order valence-electron chi connectivity index (χ2n) is 6.74. The number of rotatable bonds is 3. The third-order valence-electron chi connectivity index (χ3n) is 5.57. The first kappa shape index (κ1) is 15.6. The third-order valence-corrected chi connectivity index (χ3v) is 6.56. The van der Waals surface area contributed by atoms with Crippen LogP contribution < -0.4 is 5.32 Å². The Morgan fingerprint density at radius 2 is 2.04 bits per heavy atom. The van der Waals surface area contributed by atoms with Gasteiger partial charge in [0.2, 0.25) is 0 Å². The standard InChI is InChI=1S/C20H22N2OS/c1-3-13-10-15-17(16(23)11-13)20(4-2,14-8-6-5-7-9-14)18-19(22-15)21-12-24-18/h5-9,12-13,22H,3-4,10-11H2,1-2H3/t13-,20+/m1/s1. The lowest BCUT2D eigenvalue weighted by Gasteiger charge is -2.42. The van der Waals surface area contributed by atoms with Gasteiger partial charge in [-0.25, -0.2) is 4.98 Å². The minimum absolute atomic E-state index is 0.306. The van der Waals surface area contributed by atoms with Gasteiger partial charge in [0.05, 0.1) is 15.8 Å². The van der Waals surface area contributed by atoms with Gasteiger partial charge in [-0.2, -0.15) is 0 Å². The van der Waals surface area contributed by atoms with Crippen LogP contribution in [0.15, 0.2) is 47.1 Å². The number of Topliss-reactive ketones (excluding diaryl/α,β-unsaturated/α-hetero) is 1. The number of nitrogens with zero attached hydrogens (tertiary/aromatic N) is 1. The molecule has 24 heavy (non-hydrogen) atoms. The van der Waals surface area contributed by atoms with Gasteiger partial charge in [0.15, 0.2) is 5.78 Å². The maximum absolute atomic E-state index is 13.2. The summed E-state index contributed by atoms with van der Waals surface area (Å²) < 4.78 is 0. The molecule has 0 fully saturated rings. The highest BCUT2D eigenvalue weighted by atomic mass is 32.1. The molecule has 0 bridgehead atoms. The van der Waals surface area contributed by atoms with Gasteiger partial charge < -0.3 is 5.32 Å². The molecule has 1 aliphatic heterocycles. The first-order chi connectivity index (χ1) is 11.7. The summed E-state index contributed by atoms with van der Waals surface area (Å²) in [5, 5.41) is 3.49. The highest BCUT2D eigenvalue weighted by Crippen LogP contribution is 2.53. The summed E-state index contributed by atoms with van der Waals surface area (Å²) in [4.78, 5) is 18.9. The van der Waals surface area contributed by atoms with Crippen molar-refractivity contribution in [1.29, 1.82) is 0 Å². The summed E-state index contributed by atoms with van der Waals surface area (Å²) in [7, 11) is 0. The predicted molar refractivity (Wildman–Crippen MR) is 98.3 cm³/mol. The molecule has 2 aliphatic rings. The smallest absolute Gasteiger partial charge is 0.162 e. The molecule has 0 amide bonds. The highest BCUT2D eigenvalue weighted by Gasteiger charge is 2.48. The predicted octanol–water partition coefficient (Wildman–Crippen LogP) is 4.91. The van der Waals surface area contributed by atoms with E-state index in [1.807, 2.05) is 11.6 Å². The number of ketones is 1. The van der Waals surface area contributed by atoms with Gasteiger partial charge in [0.1, 0.15) is 5.82 Å². The molecule has 2 heterocycles. The van der Waals surface area contributed by atoms with E-state index in [1.54, 1.807) is 11.3 Å². The minimum Gasteiger partial charge on any atom is -0.342 e. The van der Waals surface area contributed by atoms with Crippen LogP contribution >= 0.6 is 11.3 Å². The zero-order chi connectivity index (χ0) is 16.7. The van der Waals surface area contributed by atoms with Crippen molar-refractivity contribution in [2.45, 2.75) is 44.9 Å². The molecule has 0 spiro atoms. The SMILES string of the molecule is CC[C@H]1CC(=O)C2=C(C1)Nc1ncsc1[C@@]2(CC)c1ccccc1. The molecule has 1 aromatic heterocycles. The molecular weight excluding hydrogens is 316 g/mol. The van der Waals surface area contributed by atoms with Crippen LogP contribution in [0, 0.1) is 5.92 Å². The van der Waals surface area contributed by atoms with Crippen LogP contribution in [0.3, 0.4) is 0 Å². The summed E-state index contributed by atoms with van der Waals surface area (Å²) in [6.07, 6.45) is 3.52. The molecule has 1 N–H and O–H groups in total. The van der Waals surface area contributed by atoms with E-state index in [2.05, 4.69) is 48.4 Å². The van der Waals surface area contributed by atoms with Crippen molar-refractivity contribution in [3.63, 3.8) is 0 Å². The van der Waals surface area contributed by atoms with Crippen molar-refractivity contribution < 1.29 is 4.79 Å². The normalized spacial score (nSPS) is 25.9. The zero-order valence-electron chi connectivity index (χ0n) is 14.1. The van der Waals surface area contributed by atoms with Crippen molar-refractivity contribution in [3.05, 3.63) is 57.6 Å². The number of nitrogens with one attached hydrogen (secondary N) is 1. The number of anilines is 1. The first-order valence-corrected chi connectivity index (χ1v) is 9.62. The molecule has 0 saturated carbocycles. The maximum Gasteiger partial charge on any atom is 0.162 e. The van der Waals surface area contributed by atoms with E-state index in [-0.39, 0.29) is 5.41 Å². The van der Waals surface area contributed by atoms with Gasteiger partial charge in [-0.15, -0.1) is 11.3 Å². The van der Waals surface area contributed by atoms with E-state index in [0.717, 1.165) is 36.4 Å². The molecule has 0 unspecified atom stereocenters. The third kappa shape index (κ3) is 2.09. The summed E-state index contributed by atoms with van der Waals surface area (Å²) in [6.45, 7) is 4.36. The lowest BCUT2D eigenvalue weighted by molar-refractivity contribution is -0.117. The molecule has 3 nitrogen and oxygen atoms in total. The van der Waals surface area contributed by atoms with E-state index < -0.39 is 0 Å². The lowest BCUT2D eigenvalue weighted by Crippen LogP contribution is -2.41. The number of hydrogen-bond donors (Lipinski definition) is 1. The fourth-order valence-corrected chi connectivity index (χ4v) is 5.37. The first-order valence-electron chi connectivity index (χ1n) is 8.74. The number of carbonyl (C=O) groups is 1. The van der Waals surface area contributed by atoms with Crippen LogP contribution in [0.4, 0.5) is 5.82 Å². The average molecular weight is 338 g/mol. The molecule has 4 heteroatoms. The Morgan fingerprint density at radius 3 is 2.75 bits per heavy atom. The molecule has 2 atom stereocenters. The van der Waals surface area contributed by atoms with E-state index in [4.69, 9.17) is 0 Å². The molecule has 0 saturated heterocycles. The summed E-state index contributed by atoms with van der Waals surface area (Å²) in [5.41, 5.74) is 4.83. The second-order valence-corrected chi connectivity index (χ2v) is 7.59. The van der Waals surface area contributed by atoms with Crippen LogP contribution in [-0.2, 0) is 10.2 Å². The monoisotopic (exact) mass is 338 g/mol. The Balaban J connectivity index is 1.99. The number of fused-ring (bicyclic) bond motifs is 1. The second kappa shape index (κ2) is 5.85. The molecular formula is C20H22N2OS. The Bertz CT molecular complexity index is 808. The van der Waals surface area contributed by atoms with Crippen LogP contribution in [0.25, 0.3) is 0 Å². The van der Waals surface area contributed by atoms with Gasteiger partial charge in [-0.3, -0.25) is 4.79 Å². The van der Waals surface area contributed by atoms with E-state index in [0.29, 0.717) is 18.1 Å². The van der Waals surface area contributed by atoms with Gasteiger partial charge in [-0.1, -0.05) is 50.6 Å². The van der Waals surface area contributed by atoms with Crippen LogP contribution in [0.2, 0.25) is 0 Å². The van der Waals surface area contributed by atoms with E-state index >= 15 is 0 Å². The van der Waals surface area contributed by atoms with E-state index in [9.17, 15) is 4.79 Å². The number of thiazole rings is 1. The lowest BCUT2D eigenvalue weighted by atomic mass is 9.64. The summed E-state index contributed by atoms with van der Waals surface area (Å²) in [5.74, 6) is 1.68. The van der Waals surface area contributed by atoms with Crippen LogP contribution in [0.1, 0.15) is 50.0 Å². The molecule has 1 aliphatic carbocycles. The fourth-order valence-electron chi connectivity index (χ4n) is 4.33. The van der Waals surface area contributed by atoms with Gasteiger partial charge in [0, 0.05) is 17.7 Å². The van der Waals surface area contributed by atoms with Crippen molar-refractivity contribution in [1.82, 2.24) is 4.98 Å². The van der Waals surface area contributed by atoms with Gasteiger partial charge >= 0.3 is 0 Å². The molecule has 1 aromatic carbocycles. The number of aromatic nitrogens is 1. The van der Waals surface area contributed by atoms with Crippen LogP contribution in [0.5, 0.6) is 0 Å². The number of benzene rings is 1. The Morgan fingerprint density at radius 1 is 1.25 bits per heavy atom. The van der Waals surface area contributed by atoms with Crippen molar-refractivity contribution in [3.8, 4) is 0 Å². The van der Waals surface area contributed by atoms with Gasteiger partial charge in [0.25, 0.3) is 0 Å². The van der Waals surface area contributed by atoms with Crippen LogP contribution in [-0.4, -0.2) is 10.8 Å². The zero-order valence-corrected chi connectivity index (χ0v) is 15.0. The number of hydrogen-bond acceptors (Lipinski definition) is 4. The van der Waals surface area contributed by atoms with Crippen molar-refractivity contribution in [2.75, 3.05) is 5.32 Å². The van der Waals surface area contributed by atoms with Crippen molar-refractivity contribution >= 4 is 22.9 Å². The largest absolute Gasteiger partial charge is 0.342 e. The number of allylic oxidation sites excluding steroid dienone is 2. The molecule has 0 radical (unpaired) electrons. The Hall–Kier alpha value is -1.94.